The molecule has 0 spiro atoms. The van der Waals surface area contributed by atoms with E-state index in [-0.39, 0.29) is 17.9 Å². The molecular formula is C22H28N2O5. The lowest BCUT2D eigenvalue weighted by atomic mass is 10.0. The van der Waals surface area contributed by atoms with Crippen molar-refractivity contribution in [1.82, 2.24) is 9.80 Å². The van der Waals surface area contributed by atoms with Gasteiger partial charge in [0.2, 0.25) is 0 Å². The van der Waals surface area contributed by atoms with Gasteiger partial charge in [-0.3, -0.25) is 9.69 Å². The van der Waals surface area contributed by atoms with Crippen molar-refractivity contribution < 1.29 is 23.5 Å². The first-order chi connectivity index (χ1) is 14.1. The number of likely N-dealkylation sites (tertiary alicyclic amines) is 1. The van der Waals surface area contributed by atoms with Gasteiger partial charge in [0.15, 0.2) is 5.76 Å². The van der Waals surface area contributed by atoms with E-state index in [9.17, 15) is 9.59 Å². The molecule has 29 heavy (non-hydrogen) atoms. The van der Waals surface area contributed by atoms with Crippen LogP contribution in [0.15, 0.2) is 47.1 Å². The standard InChI is InChI=1S/C22H28N2O5/c1-27-15-13-24(21(25)20-4-3-14-29-20)19-9-11-23(12-10-19)16-17-5-7-18(8-6-17)22(26)28-2/h3-8,14,19H,9-13,15-16H2,1-2H3. The minimum atomic E-state index is -0.324. The normalized spacial score (nSPS) is 15.2. The van der Waals surface area contributed by atoms with Gasteiger partial charge in [-0.25, -0.2) is 4.79 Å². The van der Waals surface area contributed by atoms with E-state index in [1.165, 1.54) is 13.4 Å². The summed E-state index contributed by atoms with van der Waals surface area (Å²) in [5.41, 5.74) is 1.71. The van der Waals surface area contributed by atoms with Crippen LogP contribution in [-0.2, 0) is 16.0 Å². The van der Waals surface area contributed by atoms with Crippen molar-refractivity contribution in [2.75, 3.05) is 40.5 Å². The highest BCUT2D eigenvalue weighted by Gasteiger charge is 2.29. The summed E-state index contributed by atoms with van der Waals surface area (Å²) in [6.07, 6.45) is 3.32. The van der Waals surface area contributed by atoms with Crippen molar-refractivity contribution >= 4 is 11.9 Å². The maximum Gasteiger partial charge on any atom is 0.337 e. The molecule has 1 aromatic carbocycles. The van der Waals surface area contributed by atoms with Crippen LogP contribution in [0.3, 0.4) is 0 Å². The molecule has 0 N–H and O–H groups in total. The molecule has 156 valence electrons. The maximum absolute atomic E-state index is 12.8. The Balaban J connectivity index is 1.56. The second-order valence-corrected chi connectivity index (χ2v) is 7.16. The Hall–Kier alpha value is -2.64. The summed E-state index contributed by atoms with van der Waals surface area (Å²) in [6, 6.07) is 11.1. The summed E-state index contributed by atoms with van der Waals surface area (Å²) in [5, 5.41) is 0. The number of benzene rings is 1. The number of ether oxygens (including phenoxy) is 2. The Labute approximate surface area is 171 Å². The molecule has 2 aromatic rings. The van der Waals surface area contributed by atoms with Crippen LogP contribution in [0.4, 0.5) is 0 Å². The van der Waals surface area contributed by atoms with Gasteiger partial charge in [0.25, 0.3) is 5.91 Å². The van der Waals surface area contributed by atoms with E-state index < -0.39 is 0 Å². The van der Waals surface area contributed by atoms with E-state index in [2.05, 4.69) is 4.90 Å². The lowest BCUT2D eigenvalue weighted by molar-refractivity contribution is 0.0450. The minimum absolute atomic E-state index is 0.0797. The molecule has 1 amide bonds. The summed E-state index contributed by atoms with van der Waals surface area (Å²) in [5.74, 6) is -0.0344. The molecule has 0 atom stereocenters. The molecule has 0 aliphatic carbocycles. The van der Waals surface area contributed by atoms with Crippen LogP contribution in [-0.4, -0.2) is 68.2 Å². The first-order valence-electron chi connectivity index (χ1n) is 9.85. The number of amides is 1. The van der Waals surface area contributed by atoms with Gasteiger partial charge in [0.05, 0.1) is 25.5 Å². The molecule has 1 saturated heterocycles. The Morgan fingerprint density at radius 2 is 1.86 bits per heavy atom. The largest absolute Gasteiger partial charge is 0.465 e. The Bertz CT molecular complexity index is 780. The number of furan rings is 1. The number of carbonyl (C=O) groups excluding carboxylic acids is 2. The third-order valence-electron chi connectivity index (χ3n) is 5.31. The highest BCUT2D eigenvalue weighted by Crippen LogP contribution is 2.21. The third-order valence-corrected chi connectivity index (χ3v) is 5.31. The number of nitrogens with zero attached hydrogens (tertiary/aromatic N) is 2. The fourth-order valence-corrected chi connectivity index (χ4v) is 3.69. The van der Waals surface area contributed by atoms with Crippen LogP contribution in [0.1, 0.15) is 39.3 Å². The van der Waals surface area contributed by atoms with Crippen molar-refractivity contribution in [1.29, 1.82) is 0 Å². The molecule has 7 nitrogen and oxygen atoms in total. The second kappa shape index (κ2) is 10.2. The van der Waals surface area contributed by atoms with Gasteiger partial charge in [-0.1, -0.05) is 12.1 Å². The molecule has 1 aliphatic rings. The van der Waals surface area contributed by atoms with Crippen LogP contribution in [0.2, 0.25) is 0 Å². The SMILES string of the molecule is COCCN(C(=O)c1ccco1)C1CCN(Cc2ccc(C(=O)OC)cc2)CC1. The molecule has 0 unspecified atom stereocenters. The van der Waals surface area contributed by atoms with Gasteiger partial charge in [-0.15, -0.1) is 0 Å². The first-order valence-corrected chi connectivity index (χ1v) is 9.85. The molecular weight excluding hydrogens is 372 g/mol. The summed E-state index contributed by atoms with van der Waals surface area (Å²) >= 11 is 0. The molecule has 0 bridgehead atoms. The number of carbonyl (C=O) groups is 2. The summed E-state index contributed by atoms with van der Waals surface area (Å²) in [7, 11) is 3.02. The van der Waals surface area contributed by atoms with E-state index in [4.69, 9.17) is 13.9 Å². The Kier molecular flexibility index (Phi) is 7.43. The summed E-state index contributed by atoms with van der Waals surface area (Å²) in [4.78, 5) is 28.6. The van der Waals surface area contributed by atoms with Crippen molar-refractivity contribution in [3.05, 3.63) is 59.5 Å². The van der Waals surface area contributed by atoms with E-state index >= 15 is 0 Å². The monoisotopic (exact) mass is 400 g/mol. The lowest BCUT2D eigenvalue weighted by Gasteiger charge is -2.38. The average Bonchev–Trinajstić information content (AvgIpc) is 3.30. The van der Waals surface area contributed by atoms with E-state index in [1.807, 2.05) is 17.0 Å². The molecule has 7 heteroatoms. The van der Waals surface area contributed by atoms with Crippen molar-refractivity contribution in [3.8, 4) is 0 Å². The Morgan fingerprint density at radius 3 is 2.45 bits per heavy atom. The molecule has 0 saturated carbocycles. The molecule has 1 aromatic heterocycles. The molecule has 0 radical (unpaired) electrons. The minimum Gasteiger partial charge on any atom is -0.465 e. The van der Waals surface area contributed by atoms with Gasteiger partial charge >= 0.3 is 5.97 Å². The smallest absolute Gasteiger partial charge is 0.337 e. The third kappa shape index (κ3) is 5.46. The zero-order valence-corrected chi connectivity index (χ0v) is 17.0. The predicted octanol–water partition coefficient (Wildman–Crippen LogP) is 2.82. The zero-order valence-electron chi connectivity index (χ0n) is 17.0. The molecule has 3 rings (SSSR count). The maximum atomic E-state index is 12.8. The number of rotatable bonds is 8. The first kappa shape index (κ1) is 21.1. The van der Waals surface area contributed by atoms with Gasteiger partial charge in [-0.2, -0.15) is 0 Å². The van der Waals surface area contributed by atoms with Gasteiger partial charge < -0.3 is 18.8 Å². The van der Waals surface area contributed by atoms with Crippen molar-refractivity contribution in [3.63, 3.8) is 0 Å². The van der Waals surface area contributed by atoms with Crippen LogP contribution in [0.5, 0.6) is 0 Å². The van der Waals surface area contributed by atoms with Crippen molar-refractivity contribution in [2.24, 2.45) is 0 Å². The van der Waals surface area contributed by atoms with Gasteiger partial charge in [0.1, 0.15) is 0 Å². The molecule has 1 aliphatic heterocycles. The highest BCUT2D eigenvalue weighted by atomic mass is 16.5. The number of esters is 1. The van der Waals surface area contributed by atoms with Crippen LogP contribution >= 0.6 is 0 Å². The van der Waals surface area contributed by atoms with Gasteiger partial charge in [0, 0.05) is 39.3 Å². The molecule has 2 heterocycles. The fraction of sp³-hybridized carbons (Fsp3) is 0.455. The summed E-state index contributed by atoms with van der Waals surface area (Å²) < 4.78 is 15.2. The second-order valence-electron chi connectivity index (χ2n) is 7.16. The molecule has 1 fully saturated rings. The van der Waals surface area contributed by atoms with E-state index in [0.29, 0.717) is 24.5 Å². The van der Waals surface area contributed by atoms with Crippen LogP contribution in [0.25, 0.3) is 0 Å². The topological polar surface area (TPSA) is 72.2 Å². The Morgan fingerprint density at radius 1 is 1.14 bits per heavy atom. The quantitative estimate of drug-likeness (QED) is 0.635. The number of hydrogen-bond acceptors (Lipinski definition) is 6. The number of methoxy groups -OCH3 is 2. The number of hydrogen-bond donors (Lipinski definition) is 0. The van der Waals surface area contributed by atoms with Crippen LogP contribution < -0.4 is 0 Å². The van der Waals surface area contributed by atoms with E-state index in [1.54, 1.807) is 31.4 Å². The van der Waals surface area contributed by atoms with Crippen LogP contribution in [0, 0.1) is 0 Å². The van der Waals surface area contributed by atoms with E-state index in [0.717, 1.165) is 38.0 Å². The average molecular weight is 400 g/mol. The highest BCUT2D eigenvalue weighted by molar-refractivity contribution is 5.91. The zero-order chi connectivity index (χ0) is 20.6. The summed E-state index contributed by atoms with van der Waals surface area (Å²) in [6.45, 7) is 3.67. The van der Waals surface area contributed by atoms with Crippen molar-refractivity contribution in [2.45, 2.75) is 25.4 Å². The fourth-order valence-electron chi connectivity index (χ4n) is 3.69. The van der Waals surface area contributed by atoms with Gasteiger partial charge in [-0.05, 0) is 42.7 Å². The lowest BCUT2D eigenvalue weighted by Crippen LogP contribution is -2.48. The number of piperidine rings is 1. The predicted molar refractivity (Wildman–Crippen MR) is 108 cm³/mol.